The van der Waals surface area contributed by atoms with Crippen molar-refractivity contribution >= 4 is 15.7 Å². The first-order valence-corrected chi connectivity index (χ1v) is 8.45. The molecule has 2 bridgehead atoms. The van der Waals surface area contributed by atoms with Crippen LogP contribution in [0.4, 0.5) is 5.69 Å². The molecule has 3 unspecified atom stereocenters. The van der Waals surface area contributed by atoms with Crippen LogP contribution in [0.15, 0.2) is 23.4 Å². The first kappa shape index (κ1) is 13.8. The van der Waals surface area contributed by atoms with Gasteiger partial charge in [0.1, 0.15) is 0 Å². The van der Waals surface area contributed by atoms with Gasteiger partial charge in [-0.2, -0.15) is 0 Å². The lowest BCUT2D eigenvalue weighted by molar-refractivity contribution is 0.0996. The number of pyridine rings is 1. The van der Waals surface area contributed by atoms with E-state index in [0.717, 1.165) is 19.3 Å². The van der Waals surface area contributed by atoms with Gasteiger partial charge in [-0.15, -0.1) is 0 Å². The van der Waals surface area contributed by atoms with Gasteiger partial charge < -0.3 is 10.1 Å². The van der Waals surface area contributed by atoms with E-state index in [-0.39, 0.29) is 23.3 Å². The van der Waals surface area contributed by atoms with Crippen LogP contribution in [-0.2, 0) is 14.8 Å². The quantitative estimate of drug-likeness (QED) is 0.851. The number of hydrogen-bond donors (Lipinski definition) is 2. The molecule has 0 aromatic carbocycles. The monoisotopic (exact) mass is 297 g/mol. The van der Waals surface area contributed by atoms with E-state index in [1.165, 1.54) is 6.20 Å². The normalized spacial score (nSPS) is 28.8. The van der Waals surface area contributed by atoms with Gasteiger partial charge in [-0.25, -0.2) is 18.1 Å². The van der Waals surface area contributed by atoms with Crippen molar-refractivity contribution in [3.63, 3.8) is 0 Å². The Kier molecular flexibility index (Phi) is 3.66. The largest absolute Gasteiger partial charge is 0.383 e. The van der Waals surface area contributed by atoms with E-state index < -0.39 is 10.0 Å². The lowest BCUT2D eigenvalue weighted by Crippen LogP contribution is -2.41. The number of aromatic nitrogens is 1. The summed E-state index contributed by atoms with van der Waals surface area (Å²) in [5, 5.41) is 3.09. The molecule has 2 fully saturated rings. The summed E-state index contributed by atoms with van der Waals surface area (Å²) in [7, 11) is -3.62. The summed E-state index contributed by atoms with van der Waals surface area (Å²) in [4.78, 5) is 4.02. The van der Waals surface area contributed by atoms with E-state index in [1.54, 1.807) is 12.1 Å². The molecule has 2 aliphatic rings. The van der Waals surface area contributed by atoms with Gasteiger partial charge in [0.05, 0.1) is 23.9 Å². The van der Waals surface area contributed by atoms with Gasteiger partial charge in [-0.1, -0.05) is 0 Å². The first-order chi connectivity index (χ1) is 9.60. The molecule has 2 saturated heterocycles. The summed E-state index contributed by atoms with van der Waals surface area (Å²) in [5.41, 5.74) is 0.534. The zero-order valence-corrected chi connectivity index (χ0v) is 12.2. The molecule has 2 N–H and O–H groups in total. The van der Waals surface area contributed by atoms with Crippen LogP contribution >= 0.6 is 0 Å². The van der Waals surface area contributed by atoms with Crippen LogP contribution < -0.4 is 10.0 Å². The van der Waals surface area contributed by atoms with Crippen LogP contribution in [0, 0.1) is 0 Å². The summed E-state index contributed by atoms with van der Waals surface area (Å²) in [6.45, 7) is 2.56. The van der Waals surface area contributed by atoms with Crippen molar-refractivity contribution in [3.8, 4) is 0 Å². The number of nitrogens with zero attached hydrogens (tertiary/aromatic N) is 1. The van der Waals surface area contributed by atoms with Crippen LogP contribution in [0.2, 0.25) is 0 Å². The minimum absolute atomic E-state index is 0.0149. The molecule has 1 aromatic rings. The fraction of sp³-hybridized carbons (Fsp3) is 0.615. The third kappa shape index (κ3) is 2.53. The highest BCUT2D eigenvalue weighted by Crippen LogP contribution is 2.35. The molecule has 7 heteroatoms. The topological polar surface area (TPSA) is 80.3 Å². The average Bonchev–Trinajstić information content (AvgIpc) is 3.01. The third-order valence-corrected chi connectivity index (χ3v) is 5.25. The number of sulfonamides is 1. The Balaban J connectivity index is 1.81. The summed E-state index contributed by atoms with van der Waals surface area (Å²) >= 11 is 0. The molecule has 1 aromatic heterocycles. The number of fused-ring (bicyclic) bond motifs is 2. The van der Waals surface area contributed by atoms with Gasteiger partial charge in [0.2, 0.25) is 0 Å². The van der Waals surface area contributed by atoms with E-state index in [0.29, 0.717) is 12.2 Å². The minimum atomic E-state index is -3.62. The second kappa shape index (κ2) is 5.31. The fourth-order valence-electron chi connectivity index (χ4n) is 2.95. The second-order valence-electron chi connectivity index (χ2n) is 5.22. The van der Waals surface area contributed by atoms with Gasteiger partial charge in [-0.05, 0) is 38.3 Å². The average molecular weight is 297 g/mol. The zero-order chi connectivity index (χ0) is 14.2. The first-order valence-electron chi connectivity index (χ1n) is 6.97. The molecule has 20 heavy (non-hydrogen) atoms. The maximum atomic E-state index is 12.5. The SMILES string of the molecule is CCNc1cccnc1S(=O)(=O)NC1CC2CCC1O2. The van der Waals surface area contributed by atoms with Crippen molar-refractivity contribution in [2.75, 3.05) is 11.9 Å². The van der Waals surface area contributed by atoms with Crippen LogP contribution in [0.5, 0.6) is 0 Å². The Morgan fingerprint density at radius 1 is 1.45 bits per heavy atom. The molecule has 0 aliphatic carbocycles. The predicted octanol–water partition coefficient (Wildman–Crippen LogP) is 1.11. The maximum absolute atomic E-state index is 12.5. The fourth-order valence-corrected chi connectivity index (χ4v) is 4.33. The van der Waals surface area contributed by atoms with Crippen molar-refractivity contribution in [3.05, 3.63) is 18.3 Å². The third-order valence-electron chi connectivity index (χ3n) is 3.81. The molecular formula is C13H19N3O3S. The van der Waals surface area contributed by atoms with Gasteiger partial charge in [0.15, 0.2) is 5.03 Å². The number of ether oxygens (including phenoxy) is 1. The zero-order valence-electron chi connectivity index (χ0n) is 11.4. The summed E-state index contributed by atoms with van der Waals surface area (Å²) in [5.74, 6) is 0. The van der Waals surface area contributed by atoms with Crippen LogP contribution in [0.3, 0.4) is 0 Å². The predicted molar refractivity (Wildman–Crippen MR) is 75.0 cm³/mol. The number of hydrogen-bond acceptors (Lipinski definition) is 5. The van der Waals surface area contributed by atoms with E-state index in [2.05, 4.69) is 15.0 Å². The molecule has 0 amide bonds. The molecule has 6 nitrogen and oxygen atoms in total. The summed E-state index contributed by atoms with van der Waals surface area (Å²) in [6.07, 6.45) is 4.45. The number of rotatable bonds is 5. The van der Waals surface area contributed by atoms with E-state index >= 15 is 0 Å². The lowest BCUT2D eigenvalue weighted by atomic mass is 9.96. The maximum Gasteiger partial charge on any atom is 0.260 e. The molecular weight excluding hydrogens is 278 g/mol. The molecule has 3 rings (SSSR count). The van der Waals surface area contributed by atoms with Crippen LogP contribution in [0.1, 0.15) is 26.2 Å². The minimum Gasteiger partial charge on any atom is -0.383 e. The number of nitrogens with one attached hydrogen (secondary N) is 2. The molecule has 3 heterocycles. The standard InChI is InChI=1S/C13H19N3O3S/c1-2-14-10-4-3-7-15-13(10)20(17,18)16-11-8-9-5-6-12(11)19-9/h3-4,7,9,11-12,14,16H,2,5-6,8H2,1H3. The Bertz CT molecular complexity index is 590. The highest BCUT2D eigenvalue weighted by Gasteiger charge is 2.43. The van der Waals surface area contributed by atoms with Crippen molar-refractivity contribution in [1.29, 1.82) is 0 Å². The van der Waals surface area contributed by atoms with Gasteiger partial charge in [-0.3, -0.25) is 0 Å². The van der Waals surface area contributed by atoms with Crippen LogP contribution in [-0.4, -0.2) is 38.2 Å². The Morgan fingerprint density at radius 2 is 2.30 bits per heavy atom. The molecule has 0 saturated carbocycles. The Morgan fingerprint density at radius 3 is 2.95 bits per heavy atom. The van der Waals surface area contributed by atoms with Crippen LogP contribution in [0.25, 0.3) is 0 Å². The molecule has 0 radical (unpaired) electrons. The van der Waals surface area contributed by atoms with E-state index in [1.807, 2.05) is 6.92 Å². The van der Waals surface area contributed by atoms with E-state index in [4.69, 9.17) is 4.74 Å². The summed E-state index contributed by atoms with van der Waals surface area (Å²) in [6, 6.07) is 3.32. The lowest BCUT2D eigenvalue weighted by Gasteiger charge is -2.20. The Labute approximate surface area is 119 Å². The highest BCUT2D eigenvalue weighted by molar-refractivity contribution is 7.89. The second-order valence-corrected chi connectivity index (χ2v) is 6.85. The van der Waals surface area contributed by atoms with Gasteiger partial charge in [0.25, 0.3) is 10.0 Å². The van der Waals surface area contributed by atoms with Gasteiger partial charge in [0, 0.05) is 12.7 Å². The van der Waals surface area contributed by atoms with Crippen molar-refractivity contribution in [1.82, 2.24) is 9.71 Å². The molecule has 110 valence electrons. The summed E-state index contributed by atoms with van der Waals surface area (Å²) < 4.78 is 33.4. The van der Waals surface area contributed by atoms with Crippen molar-refractivity contribution in [2.24, 2.45) is 0 Å². The molecule has 3 atom stereocenters. The van der Waals surface area contributed by atoms with Crippen molar-refractivity contribution < 1.29 is 13.2 Å². The van der Waals surface area contributed by atoms with E-state index in [9.17, 15) is 8.42 Å². The van der Waals surface area contributed by atoms with Crippen molar-refractivity contribution in [2.45, 2.75) is 49.5 Å². The molecule has 0 spiro atoms. The number of anilines is 1. The molecule has 2 aliphatic heterocycles. The van der Waals surface area contributed by atoms with Gasteiger partial charge >= 0.3 is 0 Å². The highest BCUT2D eigenvalue weighted by atomic mass is 32.2. The smallest absolute Gasteiger partial charge is 0.260 e. The Hall–Kier alpha value is -1.18.